The number of halogens is 2. The van der Waals surface area contributed by atoms with Crippen LogP contribution in [0.15, 0.2) is 42.5 Å². The molecule has 2 N–H and O–H groups in total. The molecule has 5 atom stereocenters. The number of carbonyl (C=O) groups excluding carboxylic acids is 2. The maximum Gasteiger partial charge on any atom is 0.511 e. The van der Waals surface area contributed by atoms with Gasteiger partial charge >= 0.3 is 12.1 Å². The third kappa shape index (κ3) is 14.4. The molecule has 1 aromatic carbocycles. The monoisotopic (exact) mass is 632 g/mol. The van der Waals surface area contributed by atoms with Crippen LogP contribution in [0.5, 0.6) is 5.75 Å². The number of aliphatic hydroxyl groups is 2. The number of hydrogen-bond acceptors (Lipinski definition) is 8. The first kappa shape index (κ1) is 37.6. The average molecular weight is 633 g/mol. The highest BCUT2D eigenvalue weighted by atomic mass is 19.3. The minimum atomic E-state index is -3.08. The largest absolute Gasteiger partial charge is 0.511 e. The van der Waals surface area contributed by atoms with E-state index in [1.807, 2.05) is 12.2 Å². The molecular weight excluding hydrogens is 586 g/mol. The van der Waals surface area contributed by atoms with Crippen LogP contribution < -0.4 is 4.74 Å². The maximum atomic E-state index is 14.5. The number of alkyl halides is 2. The molecule has 1 unspecified atom stereocenters. The van der Waals surface area contributed by atoms with Crippen molar-refractivity contribution in [1.29, 1.82) is 0 Å². The van der Waals surface area contributed by atoms with Gasteiger partial charge in [-0.15, -0.1) is 24.7 Å². The Balaban J connectivity index is 1.73. The topological polar surface area (TPSA) is 112 Å². The second-order valence-corrected chi connectivity index (χ2v) is 11.8. The summed E-state index contributed by atoms with van der Waals surface area (Å²) in [4.78, 5) is 24.5. The molecule has 1 aliphatic carbocycles. The van der Waals surface area contributed by atoms with E-state index in [0.29, 0.717) is 37.9 Å². The number of unbranched alkanes of at least 4 members (excludes halogenated alkanes) is 1. The number of carbonyl (C=O) groups is 2. The summed E-state index contributed by atoms with van der Waals surface area (Å²) in [5.41, 5.74) is 0. The molecule has 1 saturated carbocycles. The Hall–Kier alpha value is -3.60. The Bertz CT molecular complexity index is 1120. The summed E-state index contributed by atoms with van der Waals surface area (Å²) < 4.78 is 49.8. The Morgan fingerprint density at radius 3 is 2.36 bits per heavy atom. The lowest BCUT2D eigenvalue weighted by Gasteiger charge is -2.25. The summed E-state index contributed by atoms with van der Waals surface area (Å²) in [6.45, 7) is 2.69. The van der Waals surface area contributed by atoms with E-state index in [4.69, 9.17) is 31.8 Å². The van der Waals surface area contributed by atoms with Crippen LogP contribution in [0.25, 0.3) is 0 Å². The van der Waals surface area contributed by atoms with Gasteiger partial charge in [0.25, 0.3) is 12.2 Å². The van der Waals surface area contributed by atoms with Gasteiger partial charge in [-0.3, -0.25) is 4.79 Å². The molecule has 0 aromatic heterocycles. The van der Waals surface area contributed by atoms with Gasteiger partial charge in [0.2, 0.25) is 0 Å². The molecule has 1 aliphatic rings. The third-order valence-corrected chi connectivity index (χ3v) is 7.64. The molecule has 0 bridgehead atoms. The number of terminal acetylenes is 2. The molecular formula is C35H46F2O8. The summed E-state index contributed by atoms with van der Waals surface area (Å²) >= 11 is 0. The summed E-state index contributed by atoms with van der Waals surface area (Å²) in [7, 11) is 0. The zero-order chi connectivity index (χ0) is 33.2. The van der Waals surface area contributed by atoms with Crippen LogP contribution in [-0.2, 0) is 19.0 Å². The van der Waals surface area contributed by atoms with Crippen LogP contribution in [-0.4, -0.2) is 60.0 Å². The van der Waals surface area contributed by atoms with Crippen LogP contribution in [0.4, 0.5) is 13.6 Å². The van der Waals surface area contributed by atoms with Gasteiger partial charge in [0.15, 0.2) is 6.61 Å². The Kier molecular flexibility index (Phi) is 16.5. The van der Waals surface area contributed by atoms with E-state index >= 15 is 0 Å². The molecule has 8 nitrogen and oxygen atoms in total. The fourth-order valence-electron chi connectivity index (χ4n) is 5.12. The van der Waals surface area contributed by atoms with E-state index in [1.54, 1.807) is 44.2 Å². The lowest BCUT2D eigenvalue weighted by molar-refractivity contribution is -0.179. The van der Waals surface area contributed by atoms with Crippen molar-refractivity contribution >= 4 is 12.1 Å². The van der Waals surface area contributed by atoms with E-state index in [1.165, 1.54) is 0 Å². The molecule has 1 fully saturated rings. The molecule has 0 amide bonds. The first-order chi connectivity index (χ1) is 21.5. The van der Waals surface area contributed by atoms with Crippen LogP contribution in [0.2, 0.25) is 0 Å². The van der Waals surface area contributed by atoms with E-state index in [2.05, 4.69) is 11.8 Å². The number of para-hydroxylation sites is 1. The number of allylic oxidation sites excluding steroid dienone is 2. The van der Waals surface area contributed by atoms with Gasteiger partial charge < -0.3 is 29.2 Å². The second kappa shape index (κ2) is 19.7. The van der Waals surface area contributed by atoms with Gasteiger partial charge in [0.1, 0.15) is 5.75 Å². The molecule has 0 radical (unpaired) electrons. The van der Waals surface area contributed by atoms with Crippen molar-refractivity contribution in [2.24, 2.45) is 23.7 Å². The van der Waals surface area contributed by atoms with Crippen molar-refractivity contribution in [2.45, 2.75) is 96.1 Å². The van der Waals surface area contributed by atoms with E-state index in [9.17, 15) is 28.6 Å². The zero-order valence-electron chi connectivity index (χ0n) is 26.1. The lowest BCUT2D eigenvalue weighted by Crippen LogP contribution is -2.30. The predicted molar refractivity (Wildman–Crippen MR) is 165 cm³/mol. The van der Waals surface area contributed by atoms with Gasteiger partial charge in [-0.05, 0) is 56.1 Å². The molecule has 0 saturated heterocycles. The number of rotatable bonds is 19. The van der Waals surface area contributed by atoms with E-state index in [-0.39, 0.29) is 43.6 Å². The smallest absolute Gasteiger partial charge is 0.487 e. The minimum absolute atomic E-state index is 0.00782. The van der Waals surface area contributed by atoms with Crippen LogP contribution in [0, 0.1) is 48.4 Å². The number of hydrogen-bond donors (Lipinski definition) is 2. The van der Waals surface area contributed by atoms with E-state index in [0.717, 1.165) is 0 Å². The van der Waals surface area contributed by atoms with Crippen molar-refractivity contribution < 1.29 is 47.5 Å². The first-order valence-electron chi connectivity index (χ1n) is 15.4. The molecule has 2 rings (SSSR count). The molecule has 1 aromatic rings. The fraction of sp³-hybridized carbons (Fsp3) is 0.600. The maximum absolute atomic E-state index is 14.5. The quantitative estimate of drug-likeness (QED) is 0.0602. The first-order valence-corrected chi connectivity index (χ1v) is 15.4. The lowest BCUT2D eigenvalue weighted by atomic mass is 9.86. The molecule has 248 valence electrons. The van der Waals surface area contributed by atoms with Crippen LogP contribution in [0.1, 0.15) is 71.6 Å². The van der Waals surface area contributed by atoms with Gasteiger partial charge in [-0.2, -0.15) is 0 Å². The normalized spacial score (nSPS) is 20.5. The molecule has 0 heterocycles. The summed E-state index contributed by atoms with van der Waals surface area (Å²) in [6.07, 6.45) is 12.4. The standard InChI is InChI=1S/C35H46F2O8/c1-5-14-26(15-6-2)23-42-34(41)45-33(25(3)4)44-32(40)19-13-8-7-12-18-28-29(31(39)22-30(28)38)20-21-35(36,37)24-43-27-16-10-9-11-17-27/h1-2,7,9-12,16-17,25-26,28-31,33,38-39H,8,13-15,18-24H2,3-4H3/b12-7-/t28-,29-,30+,31-,33?/m1/s1. The van der Waals surface area contributed by atoms with Crippen LogP contribution >= 0.6 is 0 Å². The highest BCUT2D eigenvalue weighted by molar-refractivity contribution is 5.69. The average Bonchev–Trinajstić information content (AvgIpc) is 3.27. The third-order valence-electron chi connectivity index (χ3n) is 7.64. The zero-order valence-corrected chi connectivity index (χ0v) is 26.1. The number of benzene rings is 1. The summed E-state index contributed by atoms with van der Waals surface area (Å²) in [5, 5.41) is 20.9. The van der Waals surface area contributed by atoms with Crippen molar-refractivity contribution in [3.05, 3.63) is 42.5 Å². The molecule has 10 heteroatoms. The SMILES string of the molecule is C#CCC(CC#C)COC(=O)OC(OC(=O)CCC/C=C\C[C@@H]1[C@@H](CCC(F)(F)COc2ccccc2)[C@H](O)C[C@@H]1O)C(C)C. The Labute approximate surface area is 265 Å². The molecule has 0 aliphatic heterocycles. The number of esters is 1. The number of ether oxygens (including phenoxy) is 4. The van der Waals surface area contributed by atoms with Gasteiger partial charge in [0.05, 0.1) is 18.8 Å². The van der Waals surface area contributed by atoms with Gasteiger partial charge in [-0.25, -0.2) is 13.6 Å². The highest BCUT2D eigenvalue weighted by Gasteiger charge is 2.42. The van der Waals surface area contributed by atoms with Gasteiger partial charge in [0, 0.05) is 37.5 Å². The van der Waals surface area contributed by atoms with Crippen molar-refractivity contribution in [2.75, 3.05) is 13.2 Å². The van der Waals surface area contributed by atoms with E-state index < -0.39 is 55.5 Å². The summed E-state index contributed by atoms with van der Waals surface area (Å²) in [6, 6.07) is 8.39. The van der Waals surface area contributed by atoms with Gasteiger partial charge in [-0.1, -0.05) is 44.2 Å². The highest BCUT2D eigenvalue weighted by Crippen LogP contribution is 2.40. The van der Waals surface area contributed by atoms with Crippen molar-refractivity contribution in [3.8, 4) is 30.4 Å². The minimum Gasteiger partial charge on any atom is -0.487 e. The van der Waals surface area contributed by atoms with Crippen LogP contribution in [0.3, 0.4) is 0 Å². The predicted octanol–water partition coefficient (Wildman–Crippen LogP) is 6.30. The molecule has 45 heavy (non-hydrogen) atoms. The number of aliphatic hydroxyl groups excluding tert-OH is 2. The van der Waals surface area contributed by atoms with Crippen molar-refractivity contribution in [1.82, 2.24) is 0 Å². The second-order valence-electron chi connectivity index (χ2n) is 11.8. The Morgan fingerprint density at radius 1 is 1.04 bits per heavy atom. The fourth-order valence-corrected chi connectivity index (χ4v) is 5.12. The molecule has 0 spiro atoms. The summed E-state index contributed by atoms with van der Waals surface area (Å²) in [5.74, 6) is 0.368. The Morgan fingerprint density at radius 2 is 1.71 bits per heavy atom. The van der Waals surface area contributed by atoms with Crippen molar-refractivity contribution in [3.63, 3.8) is 0 Å².